The second-order valence-corrected chi connectivity index (χ2v) is 2.43. The number of alkyl halides is 1. The number of aliphatic hydroxyl groups excluding tert-OH is 3. The van der Waals surface area contributed by atoms with Crippen LogP contribution in [0.15, 0.2) is 0 Å². The summed E-state index contributed by atoms with van der Waals surface area (Å²) < 4.78 is 16.9. The van der Waals surface area contributed by atoms with Gasteiger partial charge >= 0.3 is 0 Å². The third-order valence-electron chi connectivity index (χ3n) is 1.55. The predicted octanol–water partition coefficient (Wildman–Crippen LogP) is -2.29. The van der Waals surface area contributed by atoms with Crippen LogP contribution in [0.3, 0.4) is 0 Å². The van der Waals surface area contributed by atoms with Gasteiger partial charge in [-0.05, 0) is 0 Å². The van der Waals surface area contributed by atoms with Gasteiger partial charge in [0.1, 0.15) is 12.2 Å². The van der Waals surface area contributed by atoms with Gasteiger partial charge in [-0.15, -0.1) is 0 Å². The van der Waals surface area contributed by atoms with Crippen molar-refractivity contribution < 1.29 is 29.6 Å². The third kappa shape index (κ3) is 1.35. The van der Waals surface area contributed by atoms with Crippen LogP contribution in [0, 0.1) is 0 Å². The summed E-state index contributed by atoms with van der Waals surface area (Å²) in [7, 11) is 0. The highest BCUT2D eigenvalue weighted by atomic mass is 19.2. The highest BCUT2D eigenvalue weighted by Crippen LogP contribution is 2.25. The largest absolute Gasteiger partial charge is 0.388 e. The van der Waals surface area contributed by atoms with Crippen LogP contribution < -0.4 is 0 Å². The molecule has 5 nitrogen and oxygen atoms in total. The van der Waals surface area contributed by atoms with E-state index in [0.717, 1.165) is 0 Å². The molecule has 4 N–H and O–H groups in total. The fraction of sp³-hybridized carbons (Fsp3) is 1.00. The lowest BCUT2D eigenvalue weighted by atomic mass is 10.0. The number of hydrogen-bond donors (Lipinski definition) is 4. The molecule has 1 aliphatic heterocycles. The van der Waals surface area contributed by atoms with Crippen molar-refractivity contribution in [3.05, 3.63) is 0 Å². The van der Waals surface area contributed by atoms with E-state index in [4.69, 9.17) is 20.4 Å². The van der Waals surface area contributed by atoms with Crippen molar-refractivity contribution in [2.75, 3.05) is 6.61 Å². The van der Waals surface area contributed by atoms with Crippen LogP contribution in [0.2, 0.25) is 0 Å². The Bertz CT molecular complexity index is 150. The summed E-state index contributed by atoms with van der Waals surface area (Å²) in [5.41, 5.74) is 0. The summed E-state index contributed by atoms with van der Waals surface area (Å²) in [6.07, 6.45) is -5.67. The zero-order valence-electron chi connectivity index (χ0n) is 5.51. The Hall–Kier alpha value is -0.270. The second-order valence-electron chi connectivity index (χ2n) is 2.43. The zero-order valence-corrected chi connectivity index (χ0v) is 5.51. The van der Waals surface area contributed by atoms with E-state index in [1.54, 1.807) is 0 Å². The molecule has 0 aromatic heterocycles. The van der Waals surface area contributed by atoms with E-state index < -0.39 is 31.0 Å². The van der Waals surface area contributed by atoms with Gasteiger partial charge in [-0.3, -0.25) is 0 Å². The van der Waals surface area contributed by atoms with E-state index in [1.165, 1.54) is 0 Å². The monoisotopic (exact) mass is 168 g/mol. The first-order valence-electron chi connectivity index (χ1n) is 3.03. The second kappa shape index (κ2) is 2.65. The van der Waals surface area contributed by atoms with Crippen LogP contribution in [0.25, 0.3) is 0 Å². The van der Waals surface area contributed by atoms with Crippen molar-refractivity contribution in [2.45, 2.75) is 24.4 Å². The molecule has 66 valence electrons. The molecule has 0 spiro atoms. The molecular formula is C5H9FO5. The Morgan fingerprint density at radius 1 is 1.36 bits per heavy atom. The molecule has 4 atom stereocenters. The number of halogens is 1. The van der Waals surface area contributed by atoms with E-state index in [-0.39, 0.29) is 0 Å². The Balaban J connectivity index is 2.72. The predicted molar refractivity (Wildman–Crippen MR) is 30.0 cm³/mol. The first-order chi connectivity index (χ1) is 4.96. The molecule has 0 unspecified atom stereocenters. The molecule has 11 heavy (non-hydrogen) atoms. The van der Waals surface area contributed by atoms with E-state index in [1.807, 2.05) is 0 Å². The maximum Gasteiger partial charge on any atom is 0.286 e. The molecule has 1 aliphatic rings. The molecule has 0 aromatic carbocycles. The van der Waals surface area contributed by atoms with Gasteiger partial charge in [-0.2, -0.15) is 0 Å². The van der Waals surface area contributed by atoms with Gasteiger partial charge in [0.25, 0.3) is 5.85 Å². The summed E-state index contributed by atoms with van der Waals surface area (Å²) in [6, 6.07) is 0. The summed E-state index contributed by atoms with van der Waals surface area (Å²) in [5, 5.41) is 34.7. The molecule has 1 heterocycles. The van der Waals surface area contributed by atoms with Crippen LogP contribution in [-0.2, 0) is 4.74 Å². The van der Waals surface area contributed by atoms with Crippen LogP contribution in [0.4, 0.5) is 4.39 Å². The number of hydrogen-bond acceptors (Lipinski definition) is 5. The van der Waals surface area contributed by atoms with Gasteiger partial charge in [0, 0.05) is 0 Å². The fourth-order valence-corrected chi connectivity index (χ4v) is 0.814. The molecule has 6 heteroatoms. The Morgan fingerprint density at radius 2 is 1.91 bits per heavy atom. The Morgan fingerprint density at radius 3 is 2.36 bits per heavy atom. The minimum atomic E-state index is -3.29. The van der Waals surface area contributed by atoms with E-state index in [9.17, 15) is 4.39 Å². The minimum absolute atomic E-state index is 0.408. The molecule has 1 rings (SSSR count). The quantitative estimate of drug-likeness (QED) is 0.327. The smallest absolute Gasteiger partial charge is 0.286 e. The third-order valence-corrected chi connectivity index (χ3v) is 1.55. The van der Waals surface area contributed by atoms with Crippen molar-refractivity contribution in [1.82, 2.24) is 0 Å². The Kier molecular flexibility index (Phi) is 2.13. The van der Waals surface area contributed by atoms with Gasteiger partial charge in [0.2, 0.25) is 6.29 Å². The summed E-state index contributed by atoms with van der Waals surface area (Å²) in [5.74, 6) is -3.29. The number of rotatable bonds is 0. The maximum absolute atomic E-state index is 12.7. The normalized spacial score (nSPS) is 52.6. The average Bonchev–Trinajstić information content (AvgIpc) is 1.95. The molecule has 0 aromatic rings. The minimum Gasteiger partial charge on any atom is -0.388 e. The molecule has 0 saturated carbocycles. The van der Waals surface area contributed by atoms with Gasteiger partial charge in [-0.25, -0.2) is 4.39 Å². The molecule has 0 amide bonds. The topological polar surface area (TPSA) is 90.2 Å². The molecule has 0 bridgehead atoms. The number of ether oxygens (including phenoxy) is 1. The lowest BCUT2D eigenvalue weighted by molar-refractivity contribution is -0.349. The van der Waals surface area contributed by atoms with Crippen LogP contribution in [0.5, 0.6) is 0 Å². The van der Waals surface area contributed by atoms with Crippen molar-refractivity contribution in [2.24, 2.45) is 0 Å². The van der Waals surface area contributed by atoms with E-state index in [2.05, 4.69) is 4.74 Å². The van der Waals surface area contributed by atoms with Crippen molar-refractivity contribution in [3.63, 3.8) is 0 Å². The van der Waals surface area contributed by atoms with Crippen molar-refractivity contribution >= 4 is 0 Å². The van der Waals surface area contributed by atoms with Crippen LogP contribution in [-0.4, -0.2) is 51.4 Å². The van der Waals surface area contributed by atoms with Crippen LogP contribution >= 0.6 is 0 Å². The van der Waals surface area contributed by atoms with Gasteiger partial charge < -0.3 is 25.2 Å². The number of aliphatic hydroxyl groups is 4. The standard InChI is InChI=1S/C5H9FO5/c6-5(10)3(8)2(7)1-11-4(5)9/h2-4,7-10H,1H2/t2-,3-,4-,5+/m1/s1. The van der Waals surface area contributed by atoms with Gasteiger partial charge in [-0.1, -0.05) is 0 Å². The van der Waals surface area contributed by atoms with Crippen molar-refractivity contribution in [3.8, 4) is 0 Å². The molecular weight excluding hydrogens is 159 g/mol. The summed E-state index contributed by atoms with van der Waals surface area (Å²) in [4.78, 5) is 0. The average molecular weight is 168 g/mol. The summed E-state index contributed by atoms with van der Waals surface area (Å²) >= 11 is 0. The lowest BCUT2D eigenvalue weighted by Gasteiger charge is -2.36. The zero-order chi connectivity index (χ0) is 8.65. The molecule has 1 fully saturated rings. The SMILES string of the molecule is O[C@@H]1CO[C@@H](O)[C@](O)(F)[C@@H]1O. The maximum atomic E-state index is 12.7. The van der Waals surface area contributed by atoms with Crippen LogP contribution in [0.1, 0.15) is 0 Å². The van der Waals surface area contributed by atoms with Gasteiger partial charge in [0.15, 0.2) is 0 Å². The molecule has 1 saturated heterocycles. The first-order valence-corrected chi connectivity index (χ1v) is 3.03. The lowest BCUT2D eigenvalue weighted by Crippen LogP contribution is -2.60. The van der Waals surface area contributed by atoms with E-state index >= 15 is 0 Å². The highest BCUT2D eigenvalue weighted by Gasteiger charge is 2.51. The summed E-state index contributed by atoms with van der Waals surface area (Å²) in [6.45, 7) is -0.408. The Labute approximate surface area is 61.6 Å². The molecule has 0 radical (unpaired) electrons. The first kappa shape index (κ1) is 8.82. The van der Waals surface area contributed by atoms with Crippen molar-refractivity contribution in [1.29, 1.82) is 0 Å². The molecule has 0 aliphatic carbocycles. The highest BCUT2D eigenvalue weighted by molar-refractivity contribution is 4.88. The fourth-order valence-electron chi connectivity index (χ4n) is 0.814. The van der Waals surface area contributed by atoms with Gasteiger partial charge in [0.05, 0.1) is 6.61 Å². The van der Waals surface area contributed by atoms with E-state index in [0.29, 0.717) is 0 Å².